The molecule has 0 atom stereocenters. The minimum atomic E-state index is -0.502. The van der Waals surface area contributed by atoms with Crippen molar-refractivity contribution in [3.63, 3.8) is 0 Å². The van der Waals surface area contributed by atoms with Crippen molar-refractivity contribution >= 4 is 23.4 Å². The van der Waals surface area contributed by atoms with Crippen LogP contribution in [0.15, 0.2) is 42.7 Å². The molecule has 0 saturated carbocycles. The van der Waals surface area contributed by atoms with Crippen molar-refractivity contribution in [3.05, 3.63) is 48.4 Å². The molecule has 1 aromatic carbocycles. The Hall–Kier alpha value is -3.62. The van der Waals surface area contributed by atoms with Gasteiger partial charge in [-0.15, -0.1) is 0 Å². The fraction of sp³-hybridized carbons (Fsp3) is 0.391. The number of piperazine rings is 1. The number of rotatable bonds is 3. The highest BCUT2D eigenvalue weighted by atomic mass is 16.6. The third kappa shape index (κ3) is 4.51. The van der Waals surface area contributed by atoms with Crippen LogP contribution in [0.1, 0.15) is 31.3 Å². The van der Waals surface area contributed by atoms with E-state index < -0.39 is 11.6 Å². The molecular formula is C23H27N5O4. The van der Waals surface area contributed by atoms with Crippen LogP contribution in [0.3, 0.4) is 0 Å². The Morgan fingerprint density at radius 1 is 1.03 bits per heavy atom. The average molecular weight is 438 g/mol. The second-order valence-corrected chi connectivity index (χ2v) is 8.63. The van der Waals surface area contributed by atoms with Gasteiger partial charge in [-0.3, -0.25) is 0 Å². The fourth-order valence-electron chi connectivity index (χ4n) is 3.65. The molecule has 3 aromatic rings. The van der Waals surface area contributed by atoms with Crippen LogP contribution < -0.4 is 4.90 Å². The molecule has 0 bridgehead atoms. The van der Waals surface area contributed by atoms with Crippen molar-refractivity contribution < 1.29 is 19.1 Å². The first kappa shape index (κ1) is 21.6. The van der Waals surface area contributed by atoms with Crippen molar-refractivity contribution in [2.24, 2.45) is 0 Å². The number of anilines is 1. The lowest BCUT2D eigenvalue weighted by Gasteiger charge is -2.36. The molecule has 0 N–H and O–H groups in total. The van der Waals surface area contributed by atoms with E-state index >= 15 is 0 Å². The Morgan fingerprint density at radius 2 is 1.72 bits per heavy atom. The number of hydrogen-bond acceptors (Lipinski definition) is 7. The molecule has 1 saturated heterocycles. The standard InChI is InChI=1S/C23H27N5O4/c1-23(2,3)32-22(30)27-13-11-26(12-14-27)17-7-5-16(6-8-17)18-15-19-24-9-10-28(19)25-20(18)21(29)31-4/h5-10,15H,11-14H2,1-4H3. The van der Waals surface area contributed by atoms with Crippen LogP contribution >= 0.6 is 0 Å². The largest absolute Gasteiger partial charge is 0.464 e. The zero-order valence-electron chi connectivity index (χ0n) is 18.7. The van der Waals surface area contributed by atoms with Gasteiger partial charge in [0.1, 0.15) is 5.60 Å². The number of imidazole rings is 1. The number of methoxy groups -OCH3 is 1. The van der Waals surface area contributed by atoms with Gasteiger partial charge < -0.3 is 19.3 Å². The van der Waals surface area contributed by atoms with Gasteiger partial charge in [-0.1, -0.05) is 12.1 Å². The number of aromatic nitrogens is 3. The number of hydrogen-bond donors (Lipinski definition) is 0. The van der Waals surface area contributed by atoms with Gasteiger partial charge in [-0.05, 0) is 44.5 Å². The molecule has 1 aliphatic rings. The predicted octanol–water partition coefficient (Wildman–Crippen LogP) is 3.24. The third-order valence-electron chi connectivity index (χ3n) is 5.24. The minimum Gasteiger partial charge on any atom is -0.464 e. The lowest BCUT2D eigenvalue weighted by Crippen LogP contribution is -2.50. The quantitative estimate of drug-likeness (QED) is 0.581. The number of nitrogens with zero attached hydrogens (tertiary/aromatic N) is 5. The summed E-state index contributed by atoms with van der Waals surface area (Å²) in [6.07, 6.45) is 3.04. The molecule has 0 spiro atoms. The number of carbonyl (C=O) groups excluding carboxylic acids is 2. The summed E-state index contributed by atoms with van der Waals surface area (Å²) in [5.74, 6) is -0.502. The Labute approximate surface area is 186 Å². The normalized spacial score (nSPS) is 14.5. The monoisotopic (exact) mass is 437 g/mol. The molecule has 2 aromatic heterocycles. The third-order valence-corrected chi connectivity index (χ3v) is 5.24. The Kier molecular flexibility index (Phi) is 5.73. The number of ether oxygens (including phenoxy) is 2. The maximum absolute atomic E-state index is 12.3. The summed E-state index contributed by atoms with van der Waals surface area (Å²) in [5.41, 5.74) is 2.94. The summed E-state index contributed by atoms with van der Waals surface area (Å²) in [6.45, 7) is 8.24. The number of fused-ring (bicyclic) bond motifs is 1. The Morgan fingerprint density at radius 3 is 2.34 bits per heavy atom. The van der Waals surface area contributed by atoms with Crippen LogP contribution in [0.25, 0.3) is 16.8 Å². The molecular weight excluding hydrogens is 410 g/mol. The average Bonchev–Trinajstić information content (AvgIpc) is 3.24. The summed E-state index contributed by atoms with van der Waals surface area (Å²) >= 11 is 0. The van der Waals surface area contributed by atoms with Crippen LogP contribution in [-0.4, -0.2) is 70.5 Å². The second kappa shape index (κ2) is 8.49. The first-order chi connectivity index (χ1) is 15.2. The maximum Gasteiger partial charge on any atom is 0.410 e. The van der Waals surface area contributed by atoms with Gasteiger partial charge in [0.2, 0.25) is 0 Å². The molecule has 1 amide bonds. The van der Waals surface area contributed by atoms with Crippen LogP contribution in [0.5, 0.6) is 0 Å². The van der Waals surface area contributed by atoms with Crippen LogP contribution in [0.4, 0.5) is 10.5 Å². The van der Waals surface area contributed by atoms with E-state index in [4.69, 9.17) is 9.47 Å². The van der Waals surface area contributed by atoms with Crippen molar-refractivity contribution in [3.8, 4) is 11.1 Å². The molecule has 1 aliphatic heterocycles. The second-order valence-electron chi connectivity index (χ2n) is 8.63. The Balaban J connectivity index is 1.50. The highest BCUT2D eigenvalue weighted by Crippen LogP contribution is 2.27. The fourth-order valence-corrected chi connectivity index (χ4v) is 3.65. The van der Waals surface area contributed by atoms with Crippen molar-refractivity contribution in [1.29, 1.82) is 0 Å². The first-order valence-corrected chi connectivity index (χ1v) is 10.5. The van der Waals surface area contributed by atoms with Crippen LogP contribution in [0.2, 0.25) is 0 Å². The summed E-state index contributed by atoms with van der Waals surface area (Å²) in [5, 5.41) is 4.36. The highest BCUT2D eigenvalue weighted by Gasteiger charge is 2.26. The van der Waals surface area contributed by atoms with E-state index in [1.165, 1.54) is 7.11 Å². The van der Waals surface area contributed by atoms with Gasteiger partial charge in [-0.25, -0.2) is 19.1 Å². The smallest absolute Gasteiger partial charge is 0.410 e. The van der Waals surface area contributed by atoms with E-state index in [9.17, 15) is 9.59 Å². The maximum atomic E-state index is 12.3. The number of amides is 1. The topological polar surface area (TPSA) is 89.3 Å². The summed E-state index contributed by atoms with van der Waals surface area (Å²) in [6, 6.07) is 9.76. The molecule has 168 valence electrons. The lowest BCUT2D eigenvalue weighted by molar-refractivity contribution is 0.0240. The van der Waals surface area contributed by atoms with Crippen molar-refractivity contribution in [2.75, 3.05) is 38.2 Å². The molecule has 0 radical (unpaired) electrons. The number of esters is 1. The van der Waals surface area contributed by atoms with Gasteiger partial charge in [0.05, 0.1) is 7.11 Å². The van der Waals surface area contributed by atoms with E-state index in [0.29, 0.717) is 37.4 Å². The van der Waals surface area contributed by atoms with Gasteiger partial charge in [0.15, 0.2) is 11.3 Å². The van der Waals surface area contributed by atoms with Crippen LogP contribution in [0, 0.1) is 0 Å². The number of carbonyl (C=O) groups is 2. The van der Waals surface area contributed by atoms with Gasteiger partial charge in [-0.2, -0.15) is 5.10 Å². The van der Waals surface area contributed by atoms with E-state index in [0.717, 1.165) is 11.3 Å². The van der Waals surface area contributed by atoms with Crippen molar-refractivity contribution in [2.45, 2.75) is 26.4 Å². The zero-order valence-corrected chi connectivity index (χ0v) is 18.7. The Bertz CT molecular complexity index is 1130. The van der Waals surface area contributed by atoms with Gasteiger partial charge in [0.25, 0.3) is 0 Å². The van der Waals surface area contributed by atoms with Crippen molar-refractivity contribution in [1.82, 2.24) is 19.5 Å². The summed E-state index contributed by atoms with van der Waals surface area (Å²) in [7, 11) is 1.34. The molecule has 9 nitrogen and oxygen atoms in total. The molecule has 32 heavy (non-hydrogen) atoms. The molecule has 0 aliphatic carbocycles. The van der Waals surface area contributed by atoms with E-state index in [-0.39, 0.29) is 11.8 Å². The SMILES string of the molecule is COC(=O)c1nn2ccnc2cc1-c1ccc(N2CCN(C(=O)OC(C)(C)C)CC2)cc1. The number of benzene rings is 1. The van der Waals surface area contributed by atoms with Gasteiger partial charge >= 0.3 is 12.1 Å². The van der Waals surface area contributed by atoms with Gasteiger partial charge in [0, 0.05) is 49.8 Å². The zero-order chi connectivity index (χ0) is 22.9. The lowest BCUT2D eigenvalue weighted by atomic mass is 10.0. The summed E-state index contributed by atoms with van der Waals surface area (Å²) < 4.78 is 11.9. The molecule has 9 heteroatoms. The molecule has 3 heterocycles. The molecule has 0 unspecified atom stereocenters. The van der Waals surface area contributed by atoms with E-state index in [1.807, 2.05) is 51.1 Å². The highest BCUT2D eigenvalue weighted by molar-refractivity contribution is 5.95. The van der Waals surface area contributed by atoms with E-state index in [2.05, 4.69) is 15.0 Å². The molecule has 1 fully saturated rings. The van der Waals surface area contributed by atoms with Crippen LogP contribution in [-0.2, 0) is 9.47 Å². The van der Waals surface area contributed by atoms with E-state index in [1.54, 1.807) is 21.8 Å². The summed E-state index contributed by atoms with van der Waals surface area (Å²) in [4.78, 5) is 32.8. The predicted molar refractivity (Wildman–Crippen MR) is 120 cm³/mol. The minimum absolute atomic E-state index is 0.233. The molecule has 4 rings (SSSR count). The first-order valence-electron chi connectivity index (χ1n) is 10.5.